The van der Waals surface area contributed by atoms with Crippen LogP contribution in [0.2, 0.25) is 0 Å². The standard InChI is InChI=1S/C34H27N7.C31H28N4.C29H26N6.C27H29N5.4Pt/c1-33(2)23-13-11-12-22(18-23)27-20-40(24-14-7-5-8-15-24)31(37-27)34(3,4)32-38-28(30-36-26(19-35)29(33)39-30)21-41(32)25-16-9-6-10-17-25;1-30(2)23-13-9-11-21(17-23)28-32-26(19-34(28)5)31(3,4)27-20-35(25-15-7-6-8-16-25)29(33-27)22-12-10-14-24(30)18-22;1-28(2)21-11-9-10-19(14-21)25-31-24(18-34(25)5)29(3,4)27-32-26(20-15-22(28)17-30-16-20)35(33-27)23-12-7-6-8-13-23;1-25(2)19-10-8-9-18(15-19)21-17-31(7)24(29-21)27(5,6)26(3,4)22-12-14-32(30-22)23-16-20(25)11-13-28-23;;;;/h5-17,20-21H,1-4H3;6-16,19-20H,1-5H3;6-13,16-18H,1-5H3;8-14,17H,1-7H3;;;;/q4*-2;4*+2. The van der Waals surface area contributed by atoms with Gasteiger partial charge in [0.2, 0.25) is 0 Å². The molecule has 0 saturated heterocycles. The summed E-state index contributed by atoms with van der Waals surface area (Å²) in [5.74, 6) is 7.80. The van der Waals surface area contributed by atoms with Gasteiger partial charge in [-0.1, -0.05) is 180 Å². The van der Waals surface area contributed by atoms with Gasteiger partial charge in [-0.2, -0.15) is 27.6 Å². The van der Waals surface area contributed by atoms with E-state index in [4.69, 9.17) is 50.1 Å². The summed E-state index contributed by atoms with van der Waals surface area (Å²) in [4.78, 5) is 54.8. The number of aromatic nitrogens is 21. The van der Waals surface area contributed by atoms with Crippen molar-refractivity contribution in [2.45, 2.75) is 173 Å². The topological polar surface area (TPSA) is 232 Å². The van der Waals surface area contributed by atoms with Gasteiger partial charge in [-0.3, -0.25) is 39.6 Å². The maximum atomic E-state index is 10.1. The SMILES string of the molecule is CC1(C)c2[c-]c(ccc2)-c2cn(-c3ccccc3)c(n2)C(C)(C)c2nc(cn2-c2ccccc2)-c2nc(C#N)c1[n-]2.Cn1cc2nc1-c1[c-]c(ccc1)C(C)(C)c1[c-]c(ccc1)-c1nc(cn1-c1ccccc1)C2(C)C.Cn1cc2nc1-c1[c-]c(ccc1)C(C)(C)c1[c-]c(cnc1)-c1nc(nn1-c1ccccc1)C2(C)C.Cn1cc2nc1C(C)(C)C(C)(C)c1ccn(n1)-c1[c-]c(ccn1)C(C)(C)c1[c-]c-2ccc1.[Pt+2].[Pt+2].[Pt+2].[Pt+2]. The average Bonchev–Trinajstić information content (AvgIpc) is 1.57. The van der Waals surface area contributed by atoms with Gasteiger partial charge < -0.3 is 42.4 Å². The van der Waals surface area contributed by atoms with Crippen molar-refractivity contribution >= 4 is 0 Å². The van der Waals surface area contributed by atoms with Gasteiger partial charge in [-0.25, -0.2) is 15.2 Å². The van der Waals surface area contributed by atoms with Crippen molar-refractivity contribution in [1.82, 2.24) is 102 Å². The molecule has 24 rings (SSSR count). The molecule has 0 unspecified atom stereocenters. The Hall–Kier alpha value is -13.7. The van der Waals surface area contributed by atoms with E-state index in [0.717, 1.165) is 164 Å². The number of para-hydroxylation sites is 4. The summed E-state index contributed by atoms with van der Waals surface area (Å²) >= 11 is 0. The second-order valence-electron chi connectivity index (χ2n) is 42.3. The summed E-state index contributed by atoms with van der Waals surface area (Å²) in [7, 11) is 6.15. The van der Waals surface area contributed by atoms with Gasteiger partial charge in [0.15, 0.2) is 5.82 Å². The first-order valence-corrected chi connectivity index (χ1v) is 48.3. The van der Waals surface area contributed by atoms with E-state index >= 15 is 0 Å². The number of hydrogen-bond donors (Lipinski definition) is 0. The maximum Gasteiger partial charge on any atom is 2.00 e. The van der Waals surface area contributed by atoms with Gasteiger partial charge >= 0.3 is 84.3 Å². The molecule has 9 aromatic carbocycles. The summed E-state index contributed by atoms with van der Waals surface area (Å²) in [5, 5.41) is 20.0. The summed E-state index contributed by atoms with van der Waals surface area (Å²) in [5.41, 5.74) is 20.1. The van der Waals surface area contributed by atoms with Crippen molar-refractivity contribution in [3.05, 3.63) is 425 Å². The van der Waals surface area contributed by atoms with Crippen LogP contribution in [-0.4, -0.2) is 96.8 Å². The second-order valence-corrected chi connectivity index (χ2v) is 42.3. The Morgan fingerprint density at radius 3 is 1.25 bits per heavy atom. The fourth-order valence-corrected chi connectivity index (χ4v) is 19.6. The third-order valence-corrected chi connectivity index (χ3v) is 29.8. The van der Waals surface area contributed by atoms with Crippen molar-refractivity contribution in [3.8, 4) is 114 Å². The van der Waals surface area contributed by atoms with Gasteiger partial charge in [0.1, 0.15) is 17.5 Å². The van der Waals surface area contributed by atoms with Crippen molar-refractivity contribution in [3.63, 3.8) is 0 Å². The van der Waals surface area contributed by atoms with Crippen LogP contribution in [0.1, 0.15) is 221 Å². The van der Waals surface area contributed by atoms with Gasteiger partial charge in [0, 0.05) is 97.1 Å². The average molecular weight is 2650 g/mol. The van der Waals surface area contributed by atoms with Gasteiger partial charge in [0.05, 0.1) is 85.6 Å². The molecule has 0 fully saturated rings. The fraction of sp³-hybridized carbons (Fsp3) is 0.248. The fourth-order valence-electron chi connectivity index (χ4n) is 19.6. The minimum atomic E-state index is -0.656. The zero-order chi connectivity index (χ0) is 100.0. The van der Waals surface area contributed by atoms with Crippen LogP contribution >= 0.6 is 0 Å². The molecule has 147 heavy (non-hydrogen) atoms. The van der Waals surface area contributed by atoms with E-state index < -0.39 is 21.7 Å². The van der Waals surface area contributed by atoms with Crippen molar-refractivity contribution < 1.29 is 84.3 Å². The van der Waals surface area contributed by atoms with Crippen LogP contribution in [-0.2, 0) is 154 Å². The molecule has 4 aliphatic heterocycles. The van der Waals surface area contributed by atoms with E-state index in [1.807, 2.05) is 158 Å². The Labute approximate surface area is 917 Å². The first-order valence-electron chi connectivity index (χ1n) is 48.3. The van der Waals surface area contributed by atoms with Gasteiger partial charge in [-0.15, -0.1) is 189 Å². The number of nitriles is 1. The first kappa shape index (κ1) is 105. The number of aryl methyl sites for hydroxylation is 3. The first-order chi connectivity index (χ1) is 68.3. The number of imidazole rings is 7. The number of pyridine rings is 2. The molecule has 26 heteroatoms. The molecular formula is C121H110N22Pt4. The van der Waals surface area contributed by atoms with Crippen molar-refractivity contribution in [1.29, 1.82) is 5.26 Å². The quantitative estimate of drug-likeness (QED) is 0.149. The van der Waals surface area contributed by atoms with Crippen LogP contribution < -0.4 is 4.98 Å². The van der Waals surface area contributed by atoms with Crippen molar-refractivity contribution in [2.24, 2.45) is 21.1 Å². The predicted octanol–water partition coefficient (Wildman–Crippen LogP) is 23.3. The molecule has 20 aromatic rings. The Kier molecular flexibility index (Phi) is 28.2. The largest absolute Gasteiger partial charge is 2.00 e. The molecule has 4 aliphatic rings. The van der Waals surface area contributed by atoms with E-state index in [1.165, 1.54) is 0 Å². The van der Waals surface area contributed by atoms with E-state index in [0.29, 0.717) is 40.4 Å². The van der Waals surface area contributed by atoms with Crippen molar-refractivity contribution in [2.75, 3.05) is 0 Å². The normalized spacial score (nSPS) is 15.4. The minimum Gasteiger partial charge on any atom is -0.436 e. The summed E-state index contributed by atoms with van der Waals surface area (Å²) in [6, 6.07) is 104. The number of rotatable bonds is 4. The molecule has 0 aliphatic carbocycles. The van der Waals surface area contributed by atoms with Crippen LogP contribution in [0.5, 0.6) is 0 Å². The predicted molar refractivity (Wildman–Crippen MR) is 558 cm³/mol. The van der Waals surface area contributed by atoms with Gasteiger partial charge in [-0.05, 0) is 142 Å². The van der Waals surface area contributed by atoms with Gasteiger partial charge in [0.25, 0.3) is 0 Å². The smallest absolute Gasteiger partial charge is 0.436 e. The molecule has 0 radical (unpaired) electrons. The number of nitrogens with zero attached hydrogens (tertiary/aromatic N) is 22. The Morgan fingerprint density at radius 1 is 0.306 bits per heavy atom. The molecular weight excluding hydrogens is 2540 g/mol. The van der Waals surface area contributed by atoms with E-state index in [1.54, 1.807) is 0 Å². The molecule has 0 amide bonds. The summed E-state index contributed by atoms with van der Waals surface area (Å²) < 4.78 is 16.4. The van der Waals surface area contributed by atoms with E-state index in [-0.39, 0.29) is 111 Å². The molecule has 0 spiro atoms. The molecule has 0 atom stereocenters. The minimum absolute atomic E-state index is 0. The van der Waals surface area contributed by atoms with Crippen LogP contribution in [0.4, 0.5) is 0 Å². The third kappa shape index (κ3) is 18.5. The Balaban J connectivity index is 0.000000133. The van der Waals surface area contributed by atoms with E-state index in [9.17, 15) is 5.26 Å². The monoisotopic (exact) mass is 2650 g/mol. The maximum absolute atomic E-state index is 10.1. The molecule has 11 aromatic heterocycles. The Morgan fingerprint density at radius 2 is 0.728 bits per heavy atom. The Bertz CT molecular complexity index is 8090. The molecule has 744 valence electrons. The molecule has 22 nitrogen and oxygen atoms in total. The van der Waals surface area contributed by atoms with Crippen LogP contribution in [0.25, 0.3) is 108 Å². The zero-order valence-corrected chi connectivity index (χ0v) is 94.8. The number of hydrogen-bond acceptors (Lipinski definition) is 13. The molecule has 15 heterocycles. The second kappa shape index (κ2) is 39.5. The van der Waals surface area contributed by atoms with Crippen LogP contribution in [0.15, 0.2) is 286 Å². The summed E-state index contributed by atoms with van der Waals surface area (Å²) in [6.45, 7) is 39.1. The number of benzene rings is 9. The summed E-state index contributed by atoms with van der Waals surface area (Å²) in [6.07, 6.45) is 20.0. The zero-order valence-electron chi connectivity index (χ0n) is 85.7. The van der Waals surface area contributed by atoms with E-state index in [2.05, 4.69) is 374 Å². The van der Waals surface area contributed by atoms with Crippen LogP contribution in [0.3, 0.4) is 0 Å². The number of fused-ring (bicyclic) bond motifs is 40. The van der Waals surface area contributed by atoms with Crippen LogP contribution in [0, 0.1) is 53.8 Å². The molecule has 0 saturated carbocycles. The molecule has 0 N–H and O–H groups in total. The molecule has 32 bridgehead atoms. The third-order valence-electron chi connectivity index (χ3n) is 29.8.